The fraction of sp³-hybridized carbons (Fsp3) is 0.381. The minimum atomic E-state index is -3.71. The standard InChI is InChI=1S/C21H27N3O5S/c1-16(21(25)22-11-12-23(2)17-7-5-4-6-8-17)24(30(3,26)27)18-9-10-19-20(15-18)29-14-13-28-19/h4-10,15-16H,11-14H2,1-3H3,(H,22,25)/t16-/m1/s1. The van der Waals surface area contributed by atoms with Gasteiger partial charge in [-0.25, -0.2) is 8.42 Å². The number of nitrogens with one attached hydrogen (secondary N) is 1. The number of anilines is 2. The molecule has 0 saturated heterocycles. The van der Waals surface area contributed by atoms with Crippen LogP contribution in [-0.2, 0) is 14.8 Å². The second-order valence-electron chi connectivity index (χ2n) is 7.11. The second-order valence-corrected chi connectivity index (χ2v) is 8.97. The van der Waals surface area contributed by atoms with Crippen molar-refractivity contribution in [2.75, 3.05) is 48.8 Å². The molecule has 0 bridgehead atoms. The maximum atomic E-state index is 12.7. The number of carbonyl (C=O) groups excluding carboxylic acids is 1. The zero-order valence-electron chi connectivity index (χ0n) is 17.4. The molecule has 1 N–H and O–H groups in total. The Labute approximate surface area is 177 Å². The van der Waals surface area contributed by atoms with Crippen LogP contribution in [0, 0.1) is 0 Å². The number of likely N-dealkylation sites (N-methyl/N-ethyl adjacent to an activating group) is 1. The van der Waals surface area contributed by atoms with E-state index in [1.807, 2.05) is 42.3 Å². The van der Waals surface area contributed by atoms with Gasteiger partial charge in [-0.2, -0.15) is 0 Å². The first-order chi connectivity index (χ1) is 14.3. The molecule has 0 radical (unpaired) electrons. The van der Waals surface area contributed by atoms with Gasteiger partial charge in [-0.3, -0.25) is 9.10 Å². The van der Waals surface area contributed by atoms with Crippen LogP contribution < -0.4 is 24.0 Å². The lowest BCUT2D eigenvalue weighted by atomic mass is 10.2. The third-order valence-electron chi connectivity index (χ3n) is 4.81. The van der Waals surface area contributed by atoms with Crippen LogP contribution in [-0.4, -0.2) is 60.0 Å². The number of para-hydroxylation sites is 1. The lowest BCUT2D eigenvalue weighted by molar-refractivity contribution is -0.121. The van der Waals surface area contributed by atoms with Gasteiger partial charge in [-0.05, 0) is 31.2 Å². The van der Waals surface area contributed by atoms with E-state index in [2.05, 4.69) is 5.32 Å². The van der Waals surface area contributed by atoms with Crippen LogP contribution in [0.15, 0.2) is 48.5 Å². The minimum absolute atomic E-state index is 0.353. The zero-order chi connectivity index (χ0) is 21.7. The van der Waals surface area contributed by atoms with Crippen molar-refractivity contribution >= 4 is 27.3 Å². The summed E-state index contributed by atoms with van der Waals surface area (Å²) in [5.74, 6) is 0.640. The lowest BCUT2D eigenvalue weighted by Crippen LogP contribution is -2.49. The summed E-state index contributed by atoms with van der Waals surface area (Å²) in [5.41, 5.74) is 1.39. The molecule has 30 heavy (non-hydrogen) atoms. The molecule has 0 spiro atoms. The molecule has 0 fully saturated rings. The monoisotopic (exact) mass is 433 g/mol. The fourth-order valence-electron chi connectivity index (χ4n) is 3.28. The molecule has 2 aromatic carbocycles. The van der Waals surface area contributed by atoms with E-state index in [9.17, 15) is 13.2 Å². The van der Waals surface area contributed by atoms with Crippen molar-refractivity contribution in [2.24, 2.45) is 0 Å². The summed E-state index contributed by atoms with van der Waals surface area (Å²) in [6.45, 7) is 3.37. The first kappa shape index (κ1) is 21.8. The number of carbonyl (C=O) groups is 1. The Bertz CT molecular complexity index is 981. The van der Waals surface area contributed by atoms with Gasteiger partial charge in [0.15, 0.2) is 11.5 Å². The van der Waals surface area contributed by atoms with Gasteiger partial charge in [0.25, 0.3) is 0 Å². The molecule has 0 unspecified atom stereocenters. The summed E-state index contributed by atoms with van der Waals surface area (Å²) in [6.07, 6.45) is 1.08. The van der Waals surface area contributed by atoms with Crippen LogP contribution in [0.2, 0.25) is 0 Å². The summed E-state index contributed by atoms with van der Waals surface area (Å²) in [6, 6.07) is 13.7. The fourth-order valence-corrected chi connectivity index (χ4v) is 4.45. The van der Waals surface area contributed by atoms with Crippen LogP contribution in [0.3, 0.4) is 0 Å². The molecule has 162 valence electrons. The highest BCUT2D eigenvalue weighted by atomic mass is 32.2. The molecule has 1 aliphatic heterocycles. The summed E-state index contributed by atoms with van der Waals surface area (Å²) in [4.78, 5) is 14.7. The second kappa shape index (κ2) is 9.25. The van der Waals surface area contributed by atoms with Crippen molar-refractivity contribution in [3.8, 4) is 11.5 Å². The normalized spacial score (nSPS) is 14.0. The highest BCUT2D eigenvalue weighted by Gasteiger charge is 2.30. The minimum Gasteiger partial charge on any atom is -0.486 e. The highest BCUT2D eigenvalue weighted by molar-refractivity contribution is 7.92. The third-order valence-corrected chi connectivity index (χ3v) is 6.05. The van der Waals surface area contributed by atoms with Gasteiger partial charge in [-0.1, -0.05) is 18.2 Å². The number of fused-ring (bicyclic) bond motifs is 1. The van der Waals surface area contributed by atoms with Crippen LogP contribution in [0.4, 0.5) is 11.4 Å². The van der Waals surface area contributed by atoms with E-state index in [0.717, 1.165) is 16.2 Å². The smallest absolute Gasteiger partial charge is 0.243 e. The Hall–Kier alpha value is -2.94. The van der Waals surface area contributed by atoms with Crippen LogP contribution in [0.5, 0.6) is 11.5 Å². The lowest BCUT2D eigenvalue weighted by Gasteiger charge is -2.29. The Morgan fingerprint density at radius 2 is 1.73 bits per heavy atom. The number of ether oxygens (including phenoxy) is 2. The number of rotatable bonds is 8. The number of hydrogen-bond acceptors (Lipinski definition) is 6. The molecule has 1 atom stereocenters. The van der Waals surface area contributed by atoms with Gasteiger partial charge in [-0.15, -0.1) is 0 Å². The first-order valence-corrected chi connectivity index (χ1v) is 11.5. The number of nitrogens with zero attached hydrogens (tertiary/aromatic N) is 2. The van der Waals surface area contributed by atoms with Gasteiger partial charge in [0, 0.05) is 31.9 Å². The summed E-state index contributed by atoms with van der Waals surface area (Å²) in [7, 11) is -1.77. The molecule has 9 heteroatoms. The number of benzene rings is 2. The van der Waals surface area contributed by atoms with E-state index in [4.69, 9.17) is 9.47 Å². The predicted octanol–water partition coefficient (Wildman–Crippen LogP) is 1.86. The molecule has 0 aliphatic carbocycles. The van der Waals surface area contributed by atoms with Gasteiger partial charge >= 0.3 is 0 Å². The number of sulfonamides is 1. The van der Waals surface area contributed by atoms with Crippen molar-refractivity contribution in [1.82, 2.24) is 5.32 Å². The Morgan fingerprint density at radius 3 is 2.40 bits per heavy atom. The molecule has 8 nitrogen and oxygen atoms in total. The molecule has 0 saturated carbocycles. The average Bonchev–Trinajstić information content (AvgIpc) is 2.73. The van der Waals surface area contributed by atoms with E-state index in [-0.39, 0.29) is 5.91 Å². The zero-order valence-corrected chi connectivity index (χ0v) is 18.2. The molecule has 0 aromatic heterocycles. The van der Waals surface area contributed by atoms with E-state index < -0.39 is 16.1 Å². The maximum Gasteiger partial charge on any atom is 0.243 e. The van der Waals surface area contributed by atoms with Crippen molar-refractivity contribution in [1.29, 1.82) is 0 Å². The summed E-state index contributed by atoms with van der Waals surface area (Å²) >= 11 is 0. The van der Waals surface area contributed by atoms with E-state index in [1.165, 1.54) is 0 Å². The van der Waals surface area contributed by atoms with Crippen molar-refractivity contribution in [3.63, 3.8) is 0 Å². The molecule has 1 heterocycles. The highest BCUT2D eigenvalue weighted by Crippen LogP contribution is 2.35. The predicted molar refractivity (Wildman–Crippen MR) is 117 cm³/mol. The third kappa shape index (κ3) is 5.15. The van der Waals surface area contributed by atoms with Crippen molar-refractivity contribution in [3.05, 3.63) is 48.5 Å². The maximum absolute atomic E-state index is 12.7. The van der Waals surface area contributed by atoms with E-state index in [0.29, 0.717) is 43.5 Å². The van der Waals surface area contributed by atoms with Crippen LogP contribution in [0.25, 0.3) is 0 Å². The van der Waals surface area contributed by atoms with Gasteiger partial charge in [0.2, 0.25) is 15.9 Å². The Balaban J connectivity index is 1.68. The number of amides is 1. The molecule has 2 aromatic rings. The van der Waals surface area contributed by atoms with Gasteiger partial charge in [0.1, 0.15) is 19.3 Å². The molecule has 3 rings (SSSR count). The molecule has 1 aliphatic rings. The first-order valence-electron chi connectivity index (χ1n) is 9.70. The largest absolute Gasteiger partial charge is 0.486 e. The van der Waals surface area contributed by atoms with Crippen molar-refractivity contribution < 1.29 is 22.7 Å². The van der Waals surface area contributed by atoms with Gasteiger partial charge in [0.05, 0.1) is 11.9 Å². The summed E-state index contributed by atoms with van der Waals surface area (Å²) < 4.78 is 37.1. The molecular formula is C21H27N3O5S. The SMILES string of the molecule is C[C@H](C(=O)NCCN(C)c1ccccc1)N(c1ccc2c(c1)OCCO2)S(C)(=O)=O. The number of hydrogen-bond donors (Lipinski definition) is 1. The molecule has 1 amide bonds. The Morgan fingerprint density at radius 1 is 1.07 bits per heavy atom. The van der Waals surface area contributed by atoms with E-state index in [1.54, 1.807) is 25.1 Å². The van der Waals surface area contributed by atoms with Crippen molar-refractivity contribution in [2.45, 2.75) is 13.0 Å². The van der Waals surface area contributed by atoms with Crippen LogP contribution >= 0.6 is 0 Å². The Kier molecular flexibility index (Phi) is 6.71. The molecular weight excluding hydrogens is 406 g/mol. The topological polar surface area (TPSA) is 88.2 Å². The van der Waals surface area contributed by atoms with Gasteiger partial charge < -0.3 is 19.7 Å². The average molecular weight is 434 g/mol. The van der Waals surface area contributed by atoms with E-state index >= 15 is 0 Å². The summed E-state index contributed by atoms with van der Waals surface area (Å²) in [5, 5.41) is 2.83. The van der Waals surface area contributed by atoms with Crippen LogP contribution in [0.1, 0.15) is 6.92 Å². The quantitative estimate of drug-likeness (QED) is 0.684.